The number of aromatic hydroxyl groups is 1. The van der Waals surface area contributed by atoms with E-state index in [0.29, 0.717) is 35.2 Å². The molecule has 2 aromatic carbocycles. The van der Waals surface area contributed by atoms with Crippen molar-refractivity contribution in [1.82, 2.24) is 0 Å². The van der Waals surface area contributed by atoms with Gasteiger partial charge in [0.15, 0.2) is 0 Å². The second-order valence-electron chi connectivity index (χ2n) is 6.51. The number of carbonyl (C=O) groups excluding carboxylic acids is 2. The summed E-state index contributed by atoms with van der Waals surface area (Å²) in [4.78, 5) is 38.1. The third-order valence-corrected chi connectivity index (χ3v) is 4.66. The molecule has 1 N–H and O–H groups in total. The molecule has 0 unspecified atom stereocenters. The molecule has 2 heterocycles. The molecular weight excluding hydrogens is 362 g/mol. The standard InChI is InChI=1S/C21H17NO6/c23-14-7-8-15-13(10-20(25)28-18(15)11-14)12-27-21(26)16-4-1-2-5-17(16)22-9-3-6-19(22)24/h1-2,4-5,7-8,10-11,23H,3,6,9,12H2. The van der Waals surface area contributed by atoms with Gasteiger partial charge in [0.05, 0.1) is 11.3 Å². The zero-order valence-electron chi connectivity index (χ0n) is 14.9. The summed E-state index contributed by atoms with van der Waals surface area (Å²) in [5, 5.41) is 10.1. The molecule has 0 bridgehead atoms. The molecule has 1 fully saturated rings. The van der Waals surface area contributed by atoms with Crippen LogP contribution in [0.1, 0.15) is 28.8 Å². The van der Waals surface area contributed by atoms with Crippen molar-refractivity contribution in [3.8, 4) is 5.75 Å². The number of ether oxygens (including phenoxy) is 1. The van der Waals surface area contributed by atoms with Crippen LogP contribution in [0.15, 0.2) is 57.7 Å². The maximum atomic E-state index is 12.7. The Morgan fingerprint density at radius 3 is 2.75 bits per heavy atom. The Balaban J connectivity index is 1.60. The number of nitrogens with zero attached hydrogens (tertiary/aromatic N) is 1. The zero-order valence-corrected chi connectivity index (χ0v) is 14.9. The van der Waals surface area contributed by atoms with Crippen molar-refractivity contribution in [2.24, 2.45) is 0 Å². The first-order valence-corrected chi connectivity index (χ1v) is 8.85. The molecule has 1 aliphatic heterocycles. The van der Waals surface area contributed by atoms with Crippen LogP contribution in [0.25, 0.3) is 11.0 Å². The first-order chi connectivity index (χ1) is 13.5. The predicted octanol–water partition coefficient (Wildman–Crippen LogP) is 2.98. The van der Waals surface area contributed by atoms with Crippen LogP contribution in [-0.4, -0.2) is 23.5 Å². The maximum absolute atomic E-state index is 12.7. The van der Waals surface area contributed by atoms with Gasteiger partial charge in [-0.1, -0.05) is 12.1 Å². The van der Waals surface area contributed by atoms with Crippen LogP contribution in [-0.2, 0) is 16.1 Å². The molecule has 28 heavy (non-hydrogen) atoms. The van der Waals surface area contributed by atoms with E-state index in [2.05, 4.69) is 0 Å². The molecule has 4 rings (SSSR count). The summed E-state index contributed by atoms with van der Waals surface area (Å²) in [6, 6.07) is 12.4. The third kappa shape index (κ3) is 3.34. The zero-order chi connectivity index (χ0) is 19.7. The highest BCUT2D eigenvalue weighted by Gasteiger charge is 2.26. The number of phenolic OH excluding ortho intramolecular Hbond substituents is 1. The Kier molecular flexibility index (Phi) is 4.57. The molecule has 0 atom stereocenters. The second-order valence-corrected chi connectivity index (χ2v) is 6.51. The second kappa shape index (κ2) is 7.19. The van der Waals surface area contributed by atoms with Crippen LogP contribution in [0.5, 0.6) is 5.75 Å². The van der Waals surface area contributed by atoms with E-state index < -0.39 is 11.6 Å². The number of para-hydroxylation sites is 1. The molecule has 0 aliphatic carbocycles. The lowest BCUT2D eigenvalue weighted by molar-refractivity contribution is -0.117. The Morgan fingerprint density at radius 2 is 1.96 bits per heavy atom. The fraction of sp³-hybridized carbons (Fsp3) is 0.190. The van der Waals surface area contributed by atoms with Crippen molar-refractivity contribution in [2.45, 2.75) is 19.4 Å². The van der Waals surface area contributed by atoms with Crippen LogP contribution in [0.3, 0.4) is 0 Å². The van der Waals surface area contributed by atoms with E-state index in [-0.39, 0.29) is 23.8 Å². The Labute approximate surface area is 159 Å². The van der Waals surface area contributed by atoms with Gasteiger partial charge in [0.25, 0.3) is 0 Å². The van der Waals surface area contributed by atoms with E-state index in [1.165, 1.54) is 18.2 Å². The highest BCUT2D eigenvalue weighted by atomic mass is 16.5. The largest absolute Gasteiger partial charge is 0.508 e. The molecule has 142 valence electrons. The Bertz CT molecular complexity index is 1130. The quantitative estimate of drug-likeness (QED) is 0.553. The van der Waals surface area contributed by atoms with Crippen molar-refractivity contribution in [1.29, 1.82) is 0 Å². The van der Waals surface area contributed by atoms with E-state index in [4.69, 9.17) is 9.15 Å². The molecule has 1 amide bonds. The first kappa shape index (κ1) is 17.8. The van der Waals surface area contributed by atoms with Gasteiger partial charge in [-0.2, -0.15) is 0 Å². The summed E-state index contributed by atoms with van der Waals surface area (Å²) in [5.41, 5.74) is 0.892. The summed E-state index contributed by atoms with van der Waals surface area (Å²) >= 11 is 0. The Morgan fingerprint density at radius 1 is 1.14 bits per heavy atom. The summed E-state index contributed by atoms with van der Waals surface area (Å²) < 4.78 is 10.5. The number of rotatable bonds is 4. The maximum Gasteiger partial charge on any atom is 0.340 e. The third-order valence-electron chi connectivity index (χ3n) is 4.66. The van der Waals surface area contributed by atoms with Gasteiger partial charge in [0.1, 0.15) is 17.9 Å². The summed E-state index contributed by atoms with van der Waals surface area (Å²) in [5.74, 6) is -0.642. The highest BCUT2D eigenvalue weighted by Crippen LogP contribution is 2.27. The van der Waals surface area contributed by atoms with Crippen molar-refractivity contribution < 1.29 is 23.8 Å². The number of hydrogen-bond donors (Lipinski definition) is 1. The molecule has 0 radical (unpaired) electrons. The SMILES string of the molecule is O=C(OCc1cc(=O)oc2cc(O)ccc12)c1ccccc1N1CCCC1=O. The summed E-state index contributed by atoms with van der Waals surface area (Å²) in [7, 11) is 0. The summed E-state index contributed by atoms with van der Waals surface area (Å²) in [6.07, 6.45) is 1.21. The van der Waals surface area contributed by atoms with Crippen LogP contribution < -0.4 is 10.5 Å². The van der Waals surface area contributed by atoms with E-state index >= 15 is 0 Å². The van der Waals surface area contributed by atoms with E-state index in [1.54, 1.807) is 35.2 Å². The smallest absolute Gasteiger partial charge is 0.340 e. The van der Waals surface area contributed by atoms with Gasteiger partial charge in [0, 0.05) is 36.0 Å². The average molecular weight is 379 g/mol. The Hall–Kier alpha value is -3.61. The van der Waals surface area contributed by atoms with Crippen LogP contribution in [0, 0.1) is 0 Å². The molecule has 7 nitrogen and oxygen atoms in total. The van der Waals surface area contributed by atoms with E-state index in [0.717, 1.165) is 6.42 Å². The van der Waals surface area contributed by atoms with E-state index in [1.807, 2.05) is 0 Å². The van der Waals surface area contributed by atoms with Gasteiger partial charge in [-0.15, -0.1) is 0 Å². The molecule has 1 aliphatic rings. The minimum absolute atomic E-state index is 0.0216. The number of esters is 1. The lowest BCUT2D eigenvalue weighted by Gasteiger charge is -2.19. The fourth-order valence-electron chi connectivity index (χ4n) is 3.34. The molecule has 0 saturated carbocycles. The lowest BCUT2D eigenvalue weighted by atomic mass is 10.1. The fourth-order valence-corrected chi connectivity index (χ4v) is 3.34. The van der Waals surface area contributed by atoms with Crippen molar-refractivity contribution >= 4 is 28.5 Å². The van der Waals surface area contributed by atoms with Gasteiger partial charge in [-0.3, -0.25) is 4.79 Å². The van der Waals surface area contributed by atoms with Crippen LogP contribution >= 0.6 is 0 Å². The number of benzene rings is 2. The molecule has 3 aromatic rings. The van der Waals surface area contributed by atoms with Crippen molar-refractivity contribution in [3.63, 3.8) is 0 Å². The normalized spacial score (nSPS) is 13.9. The van der Waals surface area contributed by atoms with Gasteiger partial charge in [-0.25, -0.2) is 9.59 Å². The van der Waals surface area contributed by atoms with Gasteiger partial charge >= 0.3 is 11.6 Å². The van der Waals surface area contributed by atoms with Gasteiger partial charge in [0.2, 0.25) is 5.91 Å². The van der Waals surface area contributed by atoms with Crippen molar-refractivity contribution in [2.75, 3.05) is 11.4 Å². The molecule has 0 spiro atoms. The van der Waals surface area contributed by atoms with E-state index in [9.17, 15) is 19.5 Å². The number of carbonyl (C=O) groups is 2. The first-order valence-electron chi connectivity index (χ1n) is 8.85. The van der Waals surface area contributed by atoms with Crippen LogP contribution in [0.2, 0.25) is 0 Å². The van der Waals surface area contributed by atoms with Gasteiger partial charge < -0.3 is 19.2 Å². The topological polar surface area (TPSA) is 97.1 Å². The molecule has 1 aromatic heterocycles. The minimum Gasteiger partial charge on any atom is -0.508 e. The van der Waals surface area contributed by atoms with Gasteiger partial charge in [-0.05, 0) is 30.7 Å². The number of phenols is 1. The predicted molar refractivity (Wildman–Crippen MR) is 101 cm³/mol. The number of anilines is 1. The number of hydrogen-bond acceptors (Lipinski definition) is 6. The van der Waals surface area contributed by atoms with Crippen LogP contribution in [0.4, 0.5) is 5.69 Å². The highest BCUT2D eigenvalue weighted by molar-refractivity contribution is 6.03. The molecular formula is C21H17NO6. The number of amides is 1. The lowest BCUT2D eigenvalue weighted by Crippen LogP contribution is -2.26. The average Bonchev–Trinajstić information content (AvgIpc) is 3.11. The number of fused-ring (bicyclic) bond motifs is 1. The van der Waals surface area contributed by atoms with Crippen molar-refractivity contribution in [3.05, 3.63) is 70.1 Å². The molecule has 1 saturated heterocycles. The minimum atomic E-state index is -0.604. The monoisotopic (exact) mass is 379 g/mol. The summed E-state index contributed by atoms with van der Waals surface area (Å²) in [6.45, 7) is 0.422. The molecule has 7 heteroatoms.